The first-order valence-corrected chi connectivity index (χ1v) is 13.2. The van der Waals surface area contributed by atoms with Crippen LogP contribution in [0, 0.1) is 0 Å². The van der Waals surface area contributed by atoms with Crippen molar-refractivity contribution in [1.29, 1.82) is 0 Å². The Balaban J connectivity index is 1.47. The number of nitrogens with one attached hydrogen (secondary N) is 2. The fourth-order valence-corrected chi connectivity index (χ4v) is 4.03. The van der Waals surface area contributed by atoms with Gasteiger partial charge in [-0.25, -0.2) is 0 Å². The Morgan fingerprint density at radius 1 is 0.821 bits per heavy atom. The Hall–Kier alpha value is -3.95. The van der Waals surface area contributed by atoms with Crippen LogP contribution < -0.4 is 24.8 Å². The van der Waals surface area contributed by atoms with Gasteiger partial charge in [0.25, 0.3) is 5.91 Å². The zero-order valence-corrected chi connectivity index (χ0v) is 23.1. The minimum atomic E-state index is -0.433. The number of ether oxygens (including phenoxy) is 3. The van der Waals surface area contributed by atoms with Gasteiger partial charge in [-0.05, 0) is 67.4 Å². The lowest BCUT2D eigenvalue weighted by atomic mass is 10.2. The molecule has 0 bridgehead atoms. The zero-order valence-electron chi connectivity index (χ0n) is 21.6. The number of carbonyl (C=O) groups excluding carboxylic acids is 1. The van der Waals surface area contributed by atoms with Crippen LogP contribution in [0.3, 0.4) is 0 Å². The van der Waals surface area contributed by atoms with Crippen molar-refractivity contribution in [2.75, 3.05) is 30.5 Å². The van der Waals surface area contributed by atoms with E-state index in [4.69, 9.17) is 37.4 Å². The number of hydrogen-bond acceptors (Lipinski definition) is 8. The molecule has 0 aliphatic heterocycles. The molecule has 0 atom stereocenters. The SMILES string of the molecule is CCOc1ccc(CNc2nc(NCc3ccc(OCC)cc3)n(C(=O)COc3ccc(Cl)cc3Cl)n2)cc1. The van der Waals surface area contributed by atoms with E-state index in [9.17, 15) is 4.79 Å². The van der Waals surface area contributed by atoms with Gasteiger partial charge in [0.2, 0.25) is 11.9 Å². The third kappa shape index (κ3) is 8.02. The summed E-state index contributed by atoms with van der Waals surface area (Å²) < 4.78 is 17.8. The van der Waals surface area contributed by atoms with E-state index in [-0.39, 0.29) is 18.5 Å². The fourth-order valence-electron chi connectivity index (χ4n) is 3.57. The van der Waals surface area contributed by atoms with E-state index >= 15 is 0 Å². The van der Waals surface area contributed by atoms with E-state index in [0.717, 1.165) is 22.6 Å². The van der Waals surface area contributed by atoms with Crippen molar-refractivity contribution in [3.05, 3.63) is 87.9 Å². The normalized spacial score (nSPS) is 10.7. The second-order valence-electron chi connectivity index (χ2n) is 8.29. The summed E-state index contributed by atoms with van der Waals surface area (Å²) in [7, 11) is 0. The van der Waals surface area contributed by atoms with Crippen LogP contribution in [-0.2, 0) is 13.1 Å². The molecule has 0 spiro atoms. The molecular weight excluding hydrogens is 541 g/mol. The summed E-state index contributed by atoms with van der Waals surface area (Å²) in [4.78, 5) is 17.6. The molecule has 3 aromatic carbocycles. The lowest BCUT2D eigenvalue weighted by Crippen LogP contribution is -2.23. The molecule has 2 N–H and O–H groups in total. The van der Waals surface area contributed by atoms with Crippen molar-refractivity contribution in [3.8, 4) is 17.2 Å². The Morgan fingerprint density at radius 3 is 1.97 bits per heavy atom. The van der Waals surface area contributed by atoms with E-state index in [2.05, 4.69) is 20.7 Å². The van der Waals surface area contributed by atoms with E-state index in [1.807, 2.05) is 62.4 Å². The van der Waals surface area contributed by atoms with Crippen molar-refractivity contribution in [2.24, 2.45) is 0 Å². The van der Waals surface area contributed by atoms with Gasteiger partial charge in [0.05, 0.1) is 18.2 Å². The maximum absolute atomic E-state index is 13.1. The monoisotopic (exact) mass is 569 g/mol. The zero-order chi connectivity index (χ0) is 27.6. The van der Waals surface area contributed by atoms with Gasteiger partial charge in [0.1, 0.15) is 17.2 Å². The Kier molecular flexibility index (Phi) is 9.88. The van der Waals surface area contributed by atoms with E-state index in [1.165, 1.54) is 4.68 Å². The maximum atomic E-state index is 13.1. The molecule has 39 heavy (non-hydrogen) atoms. The van der Waals surface area contributed by atoms with Gasteiger partial charge in [-0.2, -0.15) is 9.67 Å². The number of aromatic nitrogens is 3. The molecule has 4 rings (SSSR count). The van der Waals surface area contributed by atoms with Crippen LogP contribution in [0.1, 0.15) is 29.8 Å². The fraction of sp³-hybridized carbons (Fsp3) is 0.250. The van der Waals surface area contributed by atoms with Crippen molar-refractivity contribution in [3.63, 3.8) is 0 Å². The summed E-state index contributed by atoms with van der Waals surface area (Å²) in [6.45, 7) is 5.65. The van der Waals surface area contributed by atoms with Crippen LogP contribution in [0.5, 0.6) is 17.2 Å². The smallest absolute Gasteiger partial charge is 0.288 e. The van der Waals surface area contributed by atoms with E-state index in [0.29, 0.717) is 42.1 Å². The summed E-state index contributed by atoms with van der Waals surface area (Å²) in [5, 5.41) is 11.5. The molecule has 9 nitrogen and oxygen atoms in total. The number of carbonyl (C=O) groups is 1. The second-order valence-corrected chi connectivity index (χ2v) is 9.13. The predicted molar refractivity (Wildman–Crippen MR) is 152 cm³/mol. The Morgan fingerprint density at radius 2 is 1.41 bits per heavy atom. The standard InChI is InChI=1S/C28H29Cl2N5O4/c1-3-37-22-10-5-19(6-11-22)16-31-27-33-28(32-17-20-7-12-23(13-8-20)38-4-2)35(34-27)26(36)18-39-25-14-9-21(29)15-24(25)30/h5-15H,3-4,16-18H2,1-2H3,(H2,31,32,33,34). The first kappa shape index (κ1) is 28.1. The molecule has 0 amide bonds. The van der Waals surface area contributed by atoms with E-state index in [1.54, 1.807) is 18.2 Å². The highest BCUT2D eigenvalue weighted by Gasteiger charge is 2.18. The number of halogens is 2. The molecule has 0 saturated heterocycles. The summed E-state index contributed by atoms with van der Waals surface area (Å²) in [5.74, 6) is 2.06. The Labute approximate surface area is 237 Å². The van der Waals surface area contributed by atoms with Crippen molar-refractivity contribution >= 4 is 41.0 Å². The van der Waals surface area contributed by atoms with Gasteiger partial charge in [-0.1, -0.05) is 47.5 Å². The highest BCUT2D eigenvalue weighted by atomic mass is 35.5. The molecule has 0 aliphatic rings. The largest absolute Gasteiger partial charge is 0.494 e. The summed E-state index contributed by atoms with van der Waals surface area (Å²) in [6, 6.07) is 20.2. The summed E-state index contributed by atoms with van der Waals surface area (Å²) in [5.41, 5.74) is 1.99. The predicted octanol–water partition coefficient (Wildman–Crippen LogP) is 6.33. The lowest BCUT2D eigenvalue weighted by Gasteiger charge is -2.10. The molecule has 204 valence electrons. The van der Waals surface area contributed by atoms with Crippen molar-refractivity contribution in [1.82, 2.24) is 14.8 Å². The first-order valence-electron chi connectivity index (χ1n) is 12.4. The molecule has 0 fully saturated rings. The van der Waals surface area contributed by atoms with Crippen LogP contribution in [0.15, 0.2) is 66.7 Å². The molecule has 0 saturated carbocycles. The number of benzene rings is 3. The highest BCUT2D eigenvalue weighted by Crippen LogP contribution is 2.27. The minimum Gasteiger partial charge on any atom is -0.494 e. The summed E-state index contributed by atoms with van der Waals surface area (Å²) in [6.07, 6.45) is 0. The van der Waals surface area contributed by atoms with Crippen molar-refractivity contribution < 1.29 is 19.0 Å². The van der Waals surface area contributed by atoms with Gasteiger partial charge in [-0.3, -0.25) is 4.79 Å². The Bertz CT molecular complexity index is 1380. The number of hydrogen-bond donors (Lipinski definition) is 2. The van der Waals surface area contributed by atoms with Gasteiger partial charge >= 0.3 is 0 Å². The van der Waals surface area contributed by atoms with E-state index < -0.39 is 5.91 Å². The third-order valence-electron chi connectivity index (χ3n) is 5.46. The van der Waals surface area contributed by atoms with Crippen LogP contribution in [-0.4, -0.2) is 40.5 Å². The molecular formula is C28H29Cl2N5O4. The average Bonchev–Trinajstić information content (AvgIpc) is 3.35. The topological polar surface area (TPSA) is 99.5 Å². The first-order chi connectivity index (χ1) is 18.9. The quantitative estimate of drug-likeness (QED) is 0.193. The molecule has 0 unspecified atom stereocenters. The summed E-state index contributed by atoms with van der Waals surface area (Å²) >= 11 is 12.1. The minimum absolute atomic E-state index is 0.272. The maximum Gasteiger partial charge on any atom is 0.288 e. The number of nitrogens with zero attached hydrogens (tertiary/aromatic N) is 3. The van der Waals surface area contributed by atoms with Gasteiger partial charge in [-0.15, -0.1) is 5.10 Å². The second kappa shape index (κ2) is 13.7. The van der Waals surface area contributed by atoms with Crippen molar-refractivity contribution in [2.45, 2.75) is 26.9 Å². The van der Waals surface area contributed by atoms with Gasteiger partial charge < -0.3 is 24.8 Å². The molecule has 1 heterocycles. The van der Waals surface area contributed by atoms with Crippen LogP contribution in [0.2, 0.25) is 10.0 Å². The molecule has 11 heteroatoms. The molecule has 1 aromatic heterocycles. The van der Waals surface area contributed by atoms with Crippen LogP contribution in [0.25, 0.3) is 0 Å². The average molecular weight is 570 g/mol. The number of anilines is 2. The van der Waals surface area contributed by atoms with Gasteiger partial charge in [0.15, 0.2) is 6.61 Å². The van der Waals surface area contributed by atoms with Crippen LogP contribution >= 0.6 is 23.2 Å². The number of rotatable bonds is 13. The molecule has 4 aromatic rings. The highest BCUT2D eigenvalue weighted by molar-refractivity contribution is 6.35. The molecule has 0 aliphatic carbocycles. The van der Waals surface area contributed by atoms with Gasteiger partial charge in [0, 0.05) is 18.1 Å². The molecule has 0 radical (unpaired) electrons. The third-order valence-corrected chi connectivity index (χ3v) is 5.99. The van der Waals surface area contributed by atoms with Crippen LogP contribution in [0.4, 0.5) is 11.9 Å². The lowest BCUT2D eigenvalue weighted by molar-refractivity contribution is 0.0824.